The summed E-state index contributed by atoms with van der Waals surface area (Å²) in [6.45, 7) is 0. The summed E-state index contributed by atoms with van der Waals surface area (Å²) in [4.78, 5) is 23.7. The highest BCUT2D eigenvalue weighted by molar-refractivity contribution is 9.10. The lowest BCUT2D eigenvalue weighted by molar-refractivity contribution is -0.136. The molecule has 25 heavy (non-hydrogen) atoms. The first-order chi connectivity index (χ1) is 12.1. The van der Waals surface area contributed by atoms with Gasteiger partial charge in [-0.25, -0.2) is 5.43 Å². The monoisotopic (exact) mass is 405 g/mol. The fourth-order valence-electron chi connectivity index (χ4n) is 1.97. The number of amides is 2. The molecule has 0 heterocycles. The predicted molar refractivity (Wildman–Crippen MR) is 98.1 cm³/mol. The van der Waals surface area contributed by atoms with Crippen LogP contribution in [0.2, 0.25) is 0 Å². The SMILES string of the molecule is COc1cccc(/C=N\NC(=O)C(=O)Nc2ccccc2Br)c1OC. The van der Waals surface area contributed by atoms with Crippen molar-refractivity contribution in [2.45, 2.75) is 0 Å². The van der Waals surface area contributed by atoms with Crippen molar-refractivity contribution in [3.8, 4) is 11.5 Å². The molecular weight excluding hydrogens is 390 g/mol. The second-order valence-corrected chi connectivity index (χ2v) is 5.57. The van der Waals surface area contributed by atoms with Gasteiger partial charge in [-0.05, 0) is 40.2 Å². The van der Waals surface area contributed by atoms with Gasteiger partial charge < -0.3 is 14.8 Å². The van der Waals surface area contributed by atoms with Gasteiger partial charge in [0.25, 0.3) is 0 Å². The number of nitrogens with zero attached hydrogens (tertiary/aromatic N) is 1. The second kappa shape index (κ2) is 8.84. The van der Waals surface area contributed by atoms with E-state index < -0.39 is 11.8 Å². The first kappa shape index (κ1) is 18.5. The highest BCUT2D eigenvalue weighted by Crippen LogP contribution is 2.29. The molecule has 0 aromatic heterocycles. The van der Waals surface area contributed by atoms with Crippen molar-refractivity contribution < 1.29 is 19.1 Å². The summed E-state index contributed by atoms with van der Waals surface area (Å²) in [5.41, 5.74) is 3.24. The normalized spacial score (nSPS) is 10.4. The molecule has 2 aromatic carbocycles. The molecule has 2 amide bonds. The summed E-state index contributed by atoms with van der Waals surface area (Å²) in [6, 6.07) is 12.2. The van der Waals surface area contributed by atoms with E-state index in [1.807, 2.05) is 0 Å². The number of nitrogens with one attached hydrogen (secondary N) is 2. The number of benzene rings is 2. The van der Waals surface area contributed by atoms with E-state index in [0.29, 0.717) is 27.2 Å². The van der Waals surface area contributed by atoms with E-state index in [1.165, 1.54) is 20.4 Å². The Morgan fingerprint density at radius 2 is 1.80 bits per heavy atom. The van der Waals surface area contributed by atoms with Gasteiger partial charge in [0.05, 0.1) is 26.1 Å². The van der Waals surface area contributed by atoms with Crippen LogP contribution in [0.15, 0.2) is 52.0 Å². The van der Waals surface area contributed by atoms with Gasteiger partial charge in [0.1, 0.15) is 0 Å². The molecule has 0 radical (unpaired) electrons. The third-order valence-corrected chi connectivity index (χ3v) is 3.82. The van der Waals surface area contributed by atoms with Crippen molar-refractivity contribution in [1.82, 2.24) is 5.43 Å². The second-order valence-electron chi connectivity index (χ2n) is 4.72. The highest BCUT2D eigenvalue weighted by Gasteiger charge is 2.14. The van der Waals surface area contributed by atoms with Gasteiger partial charge in [-0.2, -0.15) is 5.10 Å². The molecule has 0 atom stereocenters. The van der Waals surface area contributed by atoms with Gasteiger partial charge in [-0.1, -0.05) is 18.2 Å². The third-order valence-electron chi connectivity index (χ3n) is 3.13. The molecule has 8 heteroatoms. The third kappa shape index (κ3) is 4.80. The minimum Gasteiger partial charge on any atom is -0.493 e. The largest absolute Gasteiger partial charge is 0.493 e. The number of hydrazone groups is 1. The quantitative estimate of drug-likeness (QED) is 0.454. The summed E-state index contributed by atoms with van der Waals surface area (Å²) >= 11 is 3.28. The van der Waals surface area contributed by atoms with E-state index >= 15 is 0 Å². The molecule has 2 rings (SSSR count). The Bertz CT molecular complexity index is 808. The predicted octanol–water partition coefficient (Wildman–Crippen LogP) is 2.56. The van der Waals surface area contributed by atoms with Crippen LogP contribution in [-0.4, -0.2) is 32.2 Å². The zero-order valence-electron chi connectivity index (χ0n) is 13.6. The molecule has 0 aliphatic rings. The molecular formula is C17H16BrN3O4. The first-order valence-corrected chi connectivity index (χ1v) is 7.96. The molecule has 0 aliphatic heterocycles. The maximum atomic E-state index is 11.9. The van der Waals surface area contributed by atoms with E-state index in [4.69, 9.17) is 9.47 Å². The fourth-order valence-corrected chi connectivity index (χ4v) is 2.35. The van der Waals surface area contributed by atoms with Gasteiger partial charge >= 0.3 is 11.8 Å². The van der Waals surface area contributed by atoms with E-state index in [1.54, 1.807) is 42.5 Å². The maximum absolute atomic E-state index is 11.9. The number of halogens is 1. The Kier molecular flexibility index (Phi) is 6.53. The molecule has 0 saturated carbocycles. The summed E-state index contributed by atoms with van der Waals surface area (Å²) in [5, 5.41) is 6.26. The van der Waals surface area contributed by atoms with Crippen LogP contribution in [0.1, 0.15) is 5.56 Å². The Morgan fingerprint density at radius 1 is 1.04 bits per heavy atom. The number of rotatable bonds is 5. The lowest BCUT2D eigenvalue weighted by atomic mass is 10.2. The van der Waals surface area contributed by atoms with Gasteiger partial charge in [-0.3, -0.25) is 9.59 Å². The standard InChI is InChI=1S/C17H16BrN3O4/c1-24-14-9-5-6-11(15(14)25-2)10-19-21-17(23)16(22)20-13-8-4-3-7-12(13)18/h3-10H,1-2H3,(H,20,22)(H,21,23)/b19-10-. The fraction of sp³-hybridized carbons (Fsp3) is 0.118. The van der Waals surface area contributed by atoms with Crippen LogP contribution in [0, 0.1) is 0 Å². The lowest BCUT2D eigenvalue weighted by Crippen LogP contribution is -2.32. The number of hydrogen-bond acceptors (Lipinski definition) is 5. The zero-order valence-corrected chi connectivity index (χ0v) is 15.2. The number of ether oxygens (including phenoxy) is 2. The minimum atomic E-state index is -0.895. The summed E-state index contributed by atoms with van der Waals surface area (Å²) in [5.74, 6) is -0.722. The molecule has 0 fully saturated rings. The molecule has 0 aliphatic carbocycles. The van der Waals surface area contributed by atoms with E-state index in [0.717, 1.165) is 0 Å². The van der Waals surface area contributed by atoms with E-state index in [2.05, 4.69) is 31.8 Å². The zero-order chi connectivity index (χ0) is 18.2. The number of carbonyl (C=O) groups is 2. The van der Waals surface area contributed by atoms with Crippen molar-refractivity contribution in [3.05, 3.63) is 52.5 Å². The molecule has 0 bridgehead atoms. The molecule has 0 unspecified atom stereocenters. The first-order valence-electron chi connectivity index (χ1n) is 7.16. The van der Waals surface area contributed by atoms with Crippen LogP contribution in [0.4, 0.5) is 5.69 Å². The molecule has 130 valence electrons. The van der Waals surface area contributed by atoms with Gasteiger partial charge in [0.15, 0.2) is 11.5 Å². The average molecular weight is 406 g/mol. The summed E-state index contributed by atoms with van der Waals surface area (Å²) in [6.07, 6.45) is 1.37. The van der Waals surface area contributed by atoms with Crippen molar-refractivity contribution in [2.75, 3.05) is 19.5 Å². The minimum absolute atomic E-state index is 0.473. The number of carbonyl (C=O) groups excluding carboxylic acids is 2. The van der Waals surface area contributed by atoms with E-state index in [-0.39, 0.29) is 0 Å². The Labute approximate surface area is 153 Å². The molecule has 7 nitrogen and oxygen atoms in total. The van der Waals surface area contributed by atoms with Crippen LogP contribution in [0.25, 0.3) is 0 Å². The Balaban J connectivity index is 2.01. The Morgan fingerprint density at radius 3 is 2.48 bits per heavy atom. The number of para-hydroxylation sites is 2. The molecule has 2 aromatic rings. The molecule has 2 N–H and O–H groups in total. The number of anilines is 1. The summed E-state index contributed by atoms with van der Waals surface area (Å²) < 4.78 is 11.1. The Hall–Kier alpha value is -2.87. The van der Waals surface area contributed by atoms with Crippen molar-refractivity contribution >= 4 is 39.6 Å². The summed E-state index contributed by atoms with van der Waals surface area (Å²) in [7, 11) is 3.02. The van der Waals surface area contributed by atoms with Crippen molar-refractivity contribution in [2.24, 2.45) is 5.10 Å². The van der Waals surface area contributed by atoms with Crippen LogP contribution >= 0.6 is 15.9 Å². The average Bonchev–Trinajstić information content (AvgIpc) is 2.63. The lowest BCUT2D eigenvalue weighted by Gasteiger charge is -2.09. The van der Waals surface area contributed by atoms with Gasteiger partial charge in [-0.15, -0.1) is 0 Å². The smallest absolute Gasteiger partial charge is 0.329 e. The number of hydrogen-bond donors (Lipinski definition) is 2. The van der Waals surface area contributed by atoms with Crippen molar-refractivity contribution in [3.63, 3.8) is 0 Å². The maximum Gasteiger partial charge on any atom is 0.329 e. The number of methoxy groups -OCH3 is 2. The van der Waals surface area contributed by atoms with Gasteiger partial charge in [0.2, 0.25) is 0 Å². The molecule has 0 spiro atoms. The molecule has 0 saturated heterocycles. The van der Waals surface area contributed by atoms with Crippen molar-refractivity contribution in [1.29, 1.82) is 0 Å². The van der Waals surface area contributed by atoms with Gasteiger partial charge in [0, 0.05) is 10.0 Å². The topological polar surface area (TPSA) is 89.0 Å². The van der Waals surface area contributed by atoms with Crippen LogP contribution < -0.4 is 20.2 Å². The van der Waals surface area contributed by atoms with Crippen LogP contribution in [0.3, 0.4) is 0 Å². The van der Waals surface area contributed by atoms with E-state index in [9.17, 15) is 9.59 Å². The highest BCUT2D eigenvalue weighted by atomic mass is 79.9. The van der Waals surface area contributed by atoms with Crippen LogP contribution in [-0.2, 0) is 9.59 Å². The van der Waals surface area contributed by atoms with Crippen LogP contribution in [0.5, 0.6) is 11.5 Å².